The van der Waals surface area contributed by atoms with Crippen LogP contribution in [0.15, 0.2) is 47.5 Å². The molecule has 5 rings (SSSR count). The summed E-state index contributed by atoms with van der Waals surface area (Å²) >= 11 is 0. The van der Waals surface area contributed by atoms with Crippen molar-refractivity contribution in [2.24, 2.45) is 7.05 Å². The normalized spacial score (nSPS) is 17.2. The zero-order valence-corrected chi connectivity index (χ0v) is 18.9. The van der Waals surface area contributed by atoms with Crippen molar-refractivity contribution in [2.75, 3.05) is 30.9 Å². The highest BCUT2D eigenvalue weighted by atomic mass is 32.2. The Morgan fingerprint density at radius 1 is 1.22 bits per heavy atom. The second-order valence-electron chi connectivity index (χ2n) is 8.09. The molecule has 9 nitrogen and oxygen atoms in total. The first-order chi connectivity index (χ1) is 15.3. The lowest BCUT2D eigenvalue weighted by molar-refractivity contribution is 0.0986. The van der Waals surface area contributed by atoms with Gasteiger partial charge in [0.1, 0.15) is 17.0 Å². The first-order valence-electron chi connectivity index (χ1n) is 10.4. The van der Waals surface area contributed by atoms with Gasteiger partial charge < -0.3 is 9.64 Å². The number of fused-ring (bicyclic) bond motifs is 1. The third-order valence-electron chi connectivity index (χ3n) is 5.77. The molecule has 0 unspecified atom stereocenters. The summed E-state index contributed by atoms with van der Waals surface area (Å²) in [6.07, 6.45) is 2.90. The molecule has 10 heteroatoms. The van der Waals surface area contributed by atoms with Gasteiger partial charge in [0.15, 0.2) is 9.84 Å². The summed E-state index contributed by atoms with van der Waals surface area (Å²) < 4.78 is 31.8. The van der Waals surface area contributed by atoms with Crippen LogP contribution in [0.3, 0.4) is 0 Å². The fraction of sp³-hybridized carbons (Fsp3) is 0.318. The molecule has 0 bridgehead atoms. The van der Waals surface area contributed by atoms with E-state index in [0.29, 0.717) is 18.9 Å². The van der Waals surface area contributed by atoms with E-state index in [-0.39, 0.29) is 10.9 Å². The van der Waals surface area contributed by atoms with Crippen molar-refractivity contribution in [1.82, 2.24) is 25.0 Å². The van der Waals surface area contributed by atoms with Gasteiger partial charge in [-0.1, -0.05) is 12.1 Å². The Balaban J connectivity index is 1.80. The highest BCUT2D eigenvalue weighted by molar-refractivity contribution is 7.90. The molecule has 4 heterocycles. The predicted octanol–water partition coefficient (Wildman–Crippen LogP) is 2.65. The maximum Gasteiger partial charge on any atom is 0.175 e. The standard InChI is InChI=1S/C22H24N6O3S/c1-14-13-31-10-9-28(14)19-12-17(15-5-4-6-16(11-15)32(3,29)30)22-21(24-19)20(26-27(22)2)18-7-8-23-25-18/h4-8,11-12,14H,9-10,13H2,1-3H3,(H,23,25)/t14-/m1/s1. The number of aryl methyl sites for hydroxylation is 1. The van der Waals surface area contributed by atoms with Crippen LogP contribution in [-0.2, 0) is 21.6 Å². The van der Waals surface area contributed by atoms with Crippen LogP contribution in [0.1, 0.15) is 6.92 Å². The molecule has 1 aliphatic heterocycles. The van der Waals surface area contributed by atoms with E-state index in [1.54, 1.807) is 29.1 Å². The fourth-order valence-electron chi connectivity index (χ4n) is 4.16. The second kappa shape index (κ2) is 7.72. The van der Waals surface area contributed by atoms with Gasteiger partial charge in [0.25, 0.3) is 0 Å². The van der Waals surface area contributed by atoms with Gasteiger partial charge in [0, 0.05) is 31.6 Å². The van der Waals surface area contributed by atoms with Crippen molar-refractivity contribution >= 4 is 26.7 Å². The Labute approximate surface area is 185 Å². The summed E-state index contributed by atoms with van der Waals surface area (Å²) in [5.41, 5.74) is 4.68. The highest BCUT2D eigenvalue weighted by Crippen LogP contribution is 2.36. The summed E-state index contributed by atoms with van der Waals surface area (Å²) in [5, 5.41) is 11.8. The molecule has 4 aromatic rings. The molecule has 0 aliphatic carbocycles. The van der Waals surface area contributed by atoms with E-state index in [0.717, 1.165) is 40.2 Å². The number of anilines is 1. The SMILES string of the molecule is C[C@@H]1COCCN1c1cc(-c2cccc(S(C)(=O)=O)c2)c2c(n1)c(-c1ccn[nH]1)nn2C. The zero-order valence-electron chi connectivity index (χ0n) is 18.1. The molecule has 166 valence electrons. The summed E-state index contributed by atoms with van der Waals surface area (Å²) in [6, 6.07) is 11.0. The highest BCUT2D eigenvalue weighted by Gasteiger charge is 2.25. The molecule has 1 aliphatic rings. The minimum absolute atomic E-state index is 0.163. The van der Waals surface area contributed by atoms with E-state index in [2.05, 4.69) is 22.0 Å². The van der Waals surface area contributed by atoms with Crippen molar-refractivity contribution in [3.8, 4) is 22.5 Å². The molecule has 1 N–H and O–H groups in total. The lowest BCUT2D eigenvalue weighted by atomic mass is 10.0. The lowest BCUT2D eigenvalue weighted by Gasteiger charge is -2.34. The van der Waals surface area contributed by atoms with Gasteiger partial charge in [-0.3, -0.25) is 9.78 Å². The number of aromatic nitrogens is 5. The zero-order chi connectivity index (χ0) is 22.5. The molecule has 0 saturated carbocycles. The van der Waals surface area contributed by atoms with Crippen molar-refractivity contribution in [2.45, 2.75) is 17.9 Å². The average molecular weight is 453 g/mol. The smallest absolute Gasteiger partial charge is 0.175 e. The van der Waals surface area contributed by atoms with Crippen LogP contribution in [0.4, 0.5) is 5.82 Å². The molecular weight excluding hydrogens is 428 g/mol. The number of morpholine rings is 1. The van der Waals surface area contributed by atoms with E-state index in [1.165, 1.54) is 6.26 Å². The van der Waals surface area contributed by atoms with Gasteiger partial charge in [-0.25, -0.2) is 13.4 Å². The molecule has 32 heavy (non-hydrogen) atoms. The summed E-state index contributed by atoms with van der Waals surface area (Å²) in [4.78, 5) is 7.50. The predicted molar refractivity (Wildman–Crippen MR) is 122 cm³/mol. The minimum atomic E-state index is -3.34. The molecule has 1 saturated heterocycles. The van der Waals surface area contributed by atoms with Gasteiger partial charge in [-0.05, 0) is 36.8 Å². The monoisotopic (exact) mass is 452 g/mol. The van der Waals surface area contributed by atoms with Gasteiger partial charge in [-0.2, -0.15) is 10.2 Å². The molecule has 1 atom stereocenters. The van der Waals surface area contributed by atoms with E-state index >= 15 is 0 Å². The number of hydrogen-bond donors (Lipinski definition) is 1. The molecule has 0 radical (unpaired) electrons. The molecule has 1 aromatic carbocycles. The molecule has 1 fully saturated rings. The number of nitrogens with one attached hydrogen (secondary N) is 1. The van der Waals surface area contributed by atoms with Gasteiger partial charge in [0.2, 0.25) is 0 Å². The van der Waals surface area contributed by atoms with Crippen LogP contribution in [0, 0.1) is 0 Å². The van der Waals surface area contributed by atoms with Crippen molar-refractivity contribution in [1.29, 1.82) is 0 Å². The number of H-pyrrole nitrogens is 1. The van der Waals surface area contributed by atoms with Crippen LogP contribution in [0.2, 0.25) is 0 Å². The Bertz CT molecular complexity index is 1390. The summed E-state index contributed by atoms with van der Waals surface area (Å²) in [6.45, 7) is 4.08. The topological polar surface area (TPSA) is 106 Å². The maximum absolute atomic E-state index is 12.2. The largest absolute Gasteiger partial charge is 0.377 e. The Kier molecular flexibility index (Phi) is 4.98. The van der Waals surface area contributed by atoms with E-state index in [4.69, 9.17) is 14.8 Å². The number of hydrogen-bond acceptors (Lipinski definition) is 7. The van der Waals surface area contributed by atoms with Crippen LogP contribution in [-0.4, -0.2) is 65.4 Å². The van der Waals surface area contributed by atoms with E-state index in [1.807, 2.05) is 25.2 Å². The molecule has 0 amide bonds. The fourth-order valence-corrected chi connectivity index (χ4v) is 4.83. The number of sulfone groups is 1. The average Bonchev–Trinajstić information content (AvgIpc) is 3.41. The molecule has 0 spiro atoms. The Hall–Kier alpha value is -3.24. The lowest BCUT2D eigenvalue weighted by Crippen LogP contribution is -2.44. The van der Waals surface area contributed by atoms with Crippen molar-refractivity contribution < 1.29 is 13.2 Å². The quantitative estimate of drug-likeness (QED) is 0.507. The molecular formula is C22H24N6O3S. The van der Waals surface area contributed by atoms with Crippen LogP contribution >= 0.6 is 0 Å². The van der Waals surface area contributed by atoms with E-state index < -0.39 is 9.84 Å². The number of benzene rings is 1. The number of aromatic amines is 1. The van der Waals surface area contributed by atoms with Gasteiger partial charge in [-0.15, -0.1) is 0 Å². The molecule has 3 aromatic heterocycles. The summed E-state index contributed by atoms with van der Waals surface area (Å²) in [7, 11) is -1.48. The van der Waals surface area contributed by atoms with E-state index in [9.17, 15) is 8.42 Å². The number of ether oxygens (including phenoxy) is 1. The van der Waals surface area contributed by atoms with Crippen molar-refractivity contribution in [3.63, 3.8) is 0 Å². The minimum Gasteiger partial charge on any atom is -0.377 e. The van der Waals surface area contributed by atoms with Crippen molar-refractivity contribution in [3.05, 3.63) is 42.6 Å². The van der Waals surface area contributed by atoms with Crippen LogP contribution < -0.4 is 4.90 Å². The Morgan fingerprint density at radius 2 is 2.06 bits per heavy atom. The number of pyridine rings is 1. The van der Waals surface area contributed by atoms with Crippen LogP contribution in [0.5, 0.6) is 0 Å². The number of rotatable bonds is 4. The third-order valence-corrected chi connectivity index (χ3v) is 6.88. The second-order valence-corrected chi connectivity index (χ2v) is 10.1. The maximum atomic E-state index is 12.2. The van der Waals surface area contributed by atoms with Crippen LogP contribution in [0.25, 0.3) is 33.5 Å². The van der Waals surface area contributed by atoms with Gasteiger partial charge >= 0.3 is 0 Å². The Morgan fingerprint density at radius 3 is 2.78 bits per heavy atom. The first-order valence-corrected chi connectivity index (χ1v) is 12.2. The summed E-state index contributed by atoms with van der Waals surface area (Å²) in [5.74, 6) is 0.807. The first kappa shape index (κ1) is 20.7. The number of nitrogens with zero attached hydrogens (tertiary/aromatic N) is 5. The third kappa shape index (κ3) is 3.55. The van der Waals surface area contributed by atoms with Gasteiger partial charge in [0.05, 0.1) is 35.4 Å².